The van der Waals surface area contributed by atoms with Crippen molar-refractivity contribution in [1.29, 1.82) is 0 Å². The summed E-state index contributed by atoms with van der Waals surface area (Å²) in [6, 6.07) is 0.641. The van der Waals surface area contributed by atoms with Crippen LogP contribution < -0.4 is 5.73 Å². The van der Waals surface area contributed by atoms with Gasteiger partial charge in [0.05, 0.1) is 0 Å². The number of nitrogens with zero attached hydrogens (tertiary/aromatic N) is 1. The topological polar surface area (TPSA) is 29.3 Å². The number of hydrogen-bond donors (Lipinski definition) is 1. The van der Waals surface area contributed by atoms with Crippen molar-refractivity contribution in [2.45, 2.75) is 33.2 Å². The third-order valence-electron chi connectivity index (χ3n) is 3.14. The first kappa shape index (κ1) is 14.3. The maximum absolute atomic E-state index is 5.81. The van der Waals surface area contributed by atoms with Crippen LogP contribution in [0.15, 0.2) is 0 Å². The van der Waals surface area contributed by atoms with Crippen LogP contribution in [0.5, 0.6) is 0 Å². The van der Waals surface area contributed by atoms with Crippen LogP contribution in [0.25, 0.3) is 0 Å². The summed E-state index contributed by atoms with van der Waals surface area (Å²) >= 11 is 1.91. The normalized spacial score (nSPS) is 18.2. The highest BCUT2D eigenvalue weighted by Gasteiger charge is 2.23. The molecule has 0 heterocycles. The van der Waals surface area contributed by atoms with Crippen molar-refractivity contribution >= 4 is 11.8 Å². The van der Waals surface area contributed by atoms with Gasteiger partial charge >= 0.3 is 0 Å². The maximum atomic E-state index is 5.81. The van der Waals surface area contributed by atoms with Crippen LogP contribution in [0, 0.1) is 5.41 Å². The van der Waals surface area contributed by atoms with Gasteiger partial charge in [-0.3, -0.25) is 0 Å². The highest BCUT2D eigenvalue weighted by molar-refractivity contribution is 7.98. The fourth-order valence-electron chi connectivity index (χ4n) is 1.45. The second-order valence-electron chi connectivity index (χ2n) is 4.59. The maximum Gasteiger partial charge on any atom is 0.0155 e. The molecule has 0 spiro atoms. The smallest absolute Gasteiger partial charge is 0.0155 e. The van der Waals surface area contributed by atoms with E-state index >= 15 is 0 Å². The molecule has 0 aromatic rings. The zero-order chi connectivity index (χ0) is 11.2. The Morgan fingerprint density at radius 1 is 1.50 bits per heavy atom. The van der Waals surface area contributed by atoms with Crippen LogP contribution in [0.4, 0.5) is 0 Å². The number of hydrogen-bond acceptors (Lipinski definition) is 3. The molecule has 0 aliphatic rings. The van der Waals surface area contributed by atoms with Gasteiger partial charge in [0.15, 0.2) is 0 Å². The molecule has 2 N–H and O–H groups in total. The first-order valence-electron chi connectivity index (χ1n) is 5.38. The third-order valence-corrected chi connectivity index (χ3v) is 3.95. The Labute approximate surface area is 93.6 Å². The molecule has 2 nitrogen and oxygen atoms in total. The number of rotatable bonds is 7. The Balaban J connectivity index is 4.07. The van der Waals surface area contributed by atoms with Crippen molar-refractivity contribution < 1.29 is 0 Å². The second kappa shape index (κ2) is 6.70. The summed E-state index contributed by atoms with van der Waals surface area (Å²) in [4.78, 5) is 2.42. The van der Waals surface area contributed by atoms with Crippen molar-refractivity contribution in [2.75, 3.05) is 32.1 Å². The summed E-state index contributed by atoms with van der Waals surface area (Å²) in [5.74, 6) is 1.20. The van der Waals surface area contributed by atoms with Crippen LogP contribution in [0.1, 0.15) is 27.2 Å². The lowest BCUT2D eigenvalue weighted by atomic mass is 9.87. The molecule has 14 heavy (non-hydrogen) atoms. The lowest BCUT2D eigenvalue weighted by Gasteiger charge is -2.34. The molecule has 0 saturated heterocycles. The molecule has 0 aromatic carbocycles. The highest BCUT2D eigenvalue weighted by atomic mass is 32.2. The molecule has 0 aromatic heterocycles. The summed E-state index contributed by atoms with van der Waals surface area (Å²) in [6.45, 7) is 8.65. The Bertz CT molecular complexity index is 146. The quantitative estimate of drug-likeness (QED) is 0.709. The van der Waals surface area contributed by atoms with Gasteiger partial charge in [-0.2, -0.15) is 11.8 Å². The first-order chi connectivity index (χ1) is 6.49. The molecule has 0 aliphatic heterocycles. The van der Waals surface area contributed by atoms with E-state index in [1.807, 2.05) is 11.8 Å². The van der Waals surface area contributed by atoms with Gasteiger partial charge in [0, 0.05) is 18.3 Å². The lowest BCUT2D eigenvalue weighted by Crippen LogP contribution is -2.43. The summed E-state index contributed by atoms with van der Waals surface area (Å²) in [7, 11) is 2.20. The SMILES string of the molecule is CCC(C)(CN)CN(C)C(C)CSC. The van der Waals surface area contributed by atoms with E-state index in [4.69, 9.17) is 5.73 Å². The third kappa shape index (κ3) is 4.67. The van der Waals surface area contributed by atoms with E-state index in [2.05, 4.69) is 39.0 Å². The van der Waals surface area contributed by atoms with Gasteiger partial charge in [-0.15, -0.1) is 0 Å². The van der Waals surface area contributed by atoms with Gasteiger partial charge in [0.2, 0.25) is 0 Å². The van der Waals surface area contributed by atoms with Crippen LogP contribution >= 0.6 is 11.8 Å². The van der Waals surface area contributed by atoms with Gasteiger partial charge in [-0.1, -0.05) is 13.8 Å². The van der Waals surface area contributed by atoms with E-state index in [1.54, 1.807) is 0 Å². The van der Waals surface area contributed by atoms with Crippen molar-refractivity contribution in [3.63, 3.8) is 0 Å². The molecule has 0 radical (unpaired) electrons. The Morgan fingerprint density at radius 3 is 2.43 bits per heavy atom. The van der Waals surface area contributed by atoms with Gasteiger partial charge in [-0.25, -0.2) is 0 Å². The average molecular weight is 218 g/mol. The summed E-state index contributed by atoms with van der Waals surface area (Å²) < 4.78 is 0. The van der Waals surface area contributed by atoms with Crippen molar-refractivity contribution in [3.05, 3.63) is 0 Å². The lowest BCUT2D eigenvalue weighted by molar-refractivity contribution is 0.165. The molecule has 0 rings (SSSR count). The van der Waals surface area contributed by atoms with Gasteiger partial charge in [0.25, 0.3) is 0 Å². The summed E-state index contributed by atoms with van der Waals surface area (Å²) in [6.07, 6.45) is 3.31. The van der Waals surface area contributed by atoms with Crippen LogP contribution in [-0.4, -0.2) is 43.1 Å². The van der Waals surface area contributed by atoms with E-state index in [1.165, 1.54) is 5.75 Å². The molecule has 2 atom stereocenters. The minimum absolute atomic E-state index is 0.279. The van der Waals surface area contributed by atoms with Gasteiger partial charge in [0.1, 0.15) is 0 Å². The van der Waals surface area contributed by atoms with Gasteiger partial charge in [-0.05, 0) is 38.6 Å². The van der Waals surface area contributed by atoms with Crippen LogP contribution in [0.3, 0.4) is 0 Å². The van der Waals surface area contributed by atoms with E-state index < -0.39 is 0 Å². The van der Waals surface area contributed by atoms with Crippen LogP contribution in [0.2, 0.25) is 0 Å². The summed E-state index contributed by atoms with van der Waals surface area (Å²) in [5.41, 5.74) is 6.09. The number of nitrogens with two attached hydrogens (primary N) is 1. The predicted octanol–water partition coefficient (Wildman–Crippen LogP) is 2.04. The fraction of sp³-hybridized carbons (Fsp3) is 1.00. The standard InChI is InChI=1S/C11H26N2S/c1-6-11(3,8-12)9-13(4)10(2)7-14-5/h10H,6-9,12H2,1-5H3. The molecule has 0 fully saturated rings. The van der Waals surface area contributed by atoms with Crippen molar-refractivity contribution in [2.24, 2.45) is 11.1 Å². The predicted molar refractivity (Wildman–Crippen MR) is 67.9 cm³/mol. The zero-order valence-corrected chi connectivity index (χ0v) is 11.2. The molecular formula is C11H26N2S. The molecule has 2 unspecified atom stereocenters. The van der Waals surface area contributed by atoms with E-state index in [-0.39, 0.29) is 5.41 Å². The molecule has 0 aliphatic carbocycles. The minimum Gasteiger partial charge on any atom is -0.330 e. The monoisotopic (exact) mass is 218 g/mol. The Kier molecular flexibility index (Phi) is 6.83. The fourth-order valence-corrected chi connectivity index (χ4v) is 2.18. The zero-order valence-electron chi connectivity index (χ0n) is 10.3. The summed E-state index contributed by atoms with van der Waals surface area (Å²) in [5, 5.41) is 0. The Morgan fingerprint density at radius 2 is 2.07 bits per heavy atom. The van der Waals surface area contributed by atoms with Crippen molar-refractivity contribution in [3.8, 4) is 0 Å². The van der Waals surface area contributed by atoms with Crippen LogP contribution in [-0.2, 0) is 0 Å². The molecule has 0 amide bonds. The highest BCUT2D eigenvalue weighted by Crippen LogP contribution is 2.21. The molecule has 0 bridgehead atoms. The minimum atomic E-state index is 0.279. The largest absolute Gasteiger partial charge is 0.330 e. The number of thioether (sulfide) groups is 1. The Hall–Kier alpha value is 0.270. The first-order valence-corrected chi connectivity index (χ1v) is 6.77. The average Bonchev–Trinajstić information content (AvgIpc) is 2.18. The molecule has 86 valence electrons. The van der Waals surface area contributed by atoms with E-state index in [0.717, 1.165) is 19.5 Å². The molecular weight excluding hydrogens is 192 g/mol. The van der Waals surface area contributed by atoms with Crippen molar-refractivity contribution in [1.82, 2.24) is 4.90 Å². The van der Waals surface area contributed by atoms with Gasteiger partial charge < -0.3 is 10.6 Å². The molecule has 0 saturated carbocycles. The van der Waals surface area contributed by atoms with E-state index in [9.17, 15) is 0 Å². The van der Waals surface area contributed by atoms with E-state index in [0.29, 0.717) is 6.04 Å². The second-order valence-corrected chi connectivity index (χ2v) is 5.50. The molecule has 3 heteroatoms.